The SMILES string of the molecule is C=Cc1cc(C2=CSC(SCC(=C)NCC3CCCN(Cc4ccc(C)c(C)c4)C3)N2)ccc1C. The van der Waals surface area contributed by atoms with Gasteiger partial charge in [0.25, 0.3) is 0 Å². The van der Waals surface area contributed by atoms with Gasteiger partial charge in [-0.1, -0.05) is 61.3 Å². The van der Waals surface area contributed by atoms with Gasteiger partial charge in [0.1, 0.15) is 4.71 Å². The van der Waals surface area contributed by atoms with E-state index >= 15 is 0 Å². The van der Waals surface area contributed by atoms with Crippen molar-refractivity contribution >= 4 is 35.3 Å². The van der Waals surface area contributed by atoms with Crippen LogP contribution in [0, 0.1) is 26.7 Å². The minimum Gasteiger partial charge on any atom is -0.388 e. The fourth-order valence-electron chi connectivity index (χ4n) is 4.72. The van der Waals surface area contributed by atoms with Crippen LogP contribution in [0.3, 0.4) is 0 Å². The van der Waals surface area contributed by atoms with Crippen molar-refractivity contribution in [1.82, 2.24) is 15.5 Å². The van der Waals surface area contributed by atoms with Crippen LogP contribution in [-0.4, -0.2) is 35.0 Å². The van der Waals surface area contributed by atoms with Crippen LogP contribution in [0.5, 0.6) is 0 Å². The Morgan fingerprint density at radius 1 is 1.17 bits per heavy atom. The number of nitrogens with zero attached hydrogens (tertiary/aromatic N) is 1. The van der Waals surface area contributed by atoms with Crippen LogP contribution in [0.4, 0.5) is 0 Å². The maximum Gasteiger partial charge on any atom is 0.124 e. The Kier molecular flexibility index (Phi) is 9.10. The molecule has 0 aliphatic carbocycles. The highest BCUT2D eigenvalue weighted by atomic mass is 32.2. The summed E-state index contributed by atoms with van der Waals surface area (Å²) in [4.78, 5) is 2.62. The fraction of sp³-hybridized carbons (Fsp3) is 0.400. The molecule has 2 aliphatic heterocycles. The number of thioether (sulfide) groups is 2. The lowest BCUT2D eigenvalue weighted by Crippen LogP contribution is -2.39. The monoisotopic (exact) mass is 505 g/mol. The molecule has 2 aliphatic rings. The third-order valence-corrected chi connectivity index (χ3v) is 9.44. The van der Waals surface area contributed by atoms with Gasteiger partial charge >= 0.3 is 0 Å². The first-order chi connectivity index (χ1) is 16.9. The molecule has 4 rings (SSSR count). The Hall–Kier alpha value is -2.08. The molecule has 1 fully saturated rings. The van der Waals surface area contributed by atoms with Crippen molar-refractivity contribution in [3.8, 4) is 0 Å². The Labute approximate surface area is 220 Å². The van der Waals surface area contributed by atoms with Gasteiger partial charge in [-0.15, -0.1) is 11.8 Å². The predicted molar refractivity (Wildman–Crippen MR) is 157 cm³/mol. The van der Waals surface area contributed by atoms with E-state index in [2.05, 4.69) is 91.3 Å². The van der Waals surface area contributed by atoms with Crippen LogP contribution in [0.25, 0.3) is 11.8 Å². The number of hydrogen-bond acceptors (Lipinski definition) is 5. The van der Waals surface area contributed by atoms with Gasteiger partial charge in [0, 0.05) is 36.8 Å². The molecule has 2 aromatic rings. The van der Waals surface area contributed by atoms with Crippen molar-refractivity contribution in [3.05, 3.63) is 94.0 Å². The highest BCUT2D eigenvalue weighted by Gasteiger charge is 2.21. The fourth-order valence-corrected chi connectivity index (χ4v) is 6.73. The van der Waals surface area contributed by atoms with E-state index in [0.717, 1.165) is 31.1 Å². The standard InChI is InChI=1S/C30H39N3S2/c1-6-27-15-28(12-10-22(27)3)29-20-35-30(32-29)34-19-24(5)31-16-26-8-7-13-33(18-26)17-25-11-9-21(2)23(4)14-25/h6,9-12,14-15,20,26,30-32H,1,5,7-8,13,16-19H2,2-4H3. The van der Waals surface area contributed by atoms with Gasteiger partial charge in [-0.05, 0) is 90.9 Å². The second kappa shape index (κ2) is 12.2. The van der Waals surface area contributed by atoms with Crippen molar-refractivity contribution in [1.29, 1.82) is 0 Å². The lowest BCUT2D eigenvalue weighted by Gasteiger charge is -2.33. The second-order valence-electron chi connectivity index (χ2n) is 9.88. The highest BCUT2D eigenvalue weighted by Crippen LogP contribution is 2.34. The van der Waals surface area contributed by atoms with Gasteiger partial charge in [-0.3, -0.25) is 4.90 Å². The van der Waals surface area contributed by atoms with E-state index in [0.29, 0.717) is 10.6 Å². The minimum absolute atomic E-state index is 0.320. The first kappa shape index (κ1) is 26.0. The number of aryl methyl sites for hydroxylation is 3. The summed E-state index contributed by atoms with van der Waals surface area (Å²) in [6, 6.07) is 13.5. The minimum atomic E-state index is 0.320. The van der Waals surface area contributed by atoms with Gasteiger partial charge in [0.15, 0.2) is 0 Å². The van der Waals surface area contributed by atoms with E-state index in [1.54, 1.807) is 0 Å². The number of hydrogen-bond donors (Lipinski definition) is 2. The summed E-state index contributed by atoms with van der Waals surface area (Å²) >= 11 is 3.74. The second-order valence-corrected chi connectivity index (χ2v) is 12.2. The van der Waals surface area contributed by atoms with E-state index < -0.39 is 0 Å². The molecule has 0 spiro atoms. The van der Waals surface area contributed by atoms with Crippen molar-refractivity contribution in [2.75, 3.05) is 25.4 Å². The first-order valence-electron chi connectivity index (χ1n) is 12.6. The third-order valence-electron chi connectivity index (χ3n) is 7.02. The van der Waals surface area contributed by atoms with E-state index in [-0.39, 0.29) is 0 Å². The topological polar surface area (TPSA) is 27.3 Å². The molecule has 2 unspecified atom stereocenters. The maximum absolute atomic E-state index is 4.30. The zero-order chi connectivity index (χ0) is 24.8. The molecule has 3 nitrogen and oxygen atoms in total. The Balaban J connectivity index is 1.17. The molecule has 0 aromatic heterocycles. The molecule has 0 radical (unpaired) electrons. The summed E-state index contributed by atoms with van der Waals surface area (Å²) in [5.74, 6) is 1.60. The number of likely N-dealkylation sites (tertiary alicyclic amines) is 1. The van der Waals surface area contributed by atoms with E-state index in [9.17, 15) is 0 Å². The third kappa shape index (κ3) is 7.22. The van der Waals surface area contributed by atoms with Gasteiger partial charge < -0.3 is 10.6 Å². The van der Waals surface area contributed by atoms with Crippen molar-refractivity contribution < 1.29 is 0 Å². The number of benzene rings is 2. The summed E-state index contributed by atoms with van der Waals surface area (Å²) in [7, 11) is 0. The van der Waals surface area contributed by atoms with E-state index in [4.69, 9.17) is 0 Å². The molecule has 5 heteroatoms. The summed E-state index contributed by atoms with van der Waals surface area (Å²) in [5.41, 5.74) is 10.2. The molecule has 2 aromatic carbocycles. The Morgan fingerprint density at radius 2 is 2.00 bits per heavy atom. The number of piperidine rings is 1. The van der Waals surface area contributed by atoms with Crippen LogP contribution >= 0.6 is 23.5 Å². The van der Waals surface area contributed by atoms with Gasteiger partial charge in [-0.2, -0.15) is 0 Å². The van der Waals surface area contributed by atoms with Crippen molar-refractivity contribution in [2.45, 2.75) is 44.9 Å². The van der Waals surface area contributed by atoms with Gasteiger partial charge in [-0.25, -0.2) is 0 Å². The smallest absolute Gasteiger partial charge is 0.124 e. The molecule has 186 valence electrons. The van der Waals surface area contributed by atoms with E-state index in [1.165, 1.54) is 58.5 Å². The zero-order valence-electron chi connectivity index (χ0n) is 21.4. The van der Waals surface area contributed by atoms with Gasteiger partial charge in [0.2, 0.25) is 0 Å². The molecule has 2 N–H and O–H groups in total. The van der Waals surface area contributed by atoms with Crippen LogP contribution in [0.2, 0.25) is 0 Å². The molecule has 2 atom stereocenters. The van der Waals surface area contributed by atoms with Crippen LogP contribution in [0.1, 0.15) is 46.2 Å². The van der Waals surface area contributed by atoms with Crippen molar-refractivity contribution in [2.24, 2.45) is 5.92 Å². The number of nitrogens with one attached hydrogen (secondary N) is 2. The molecule has 35 heavy (non-hydrogen) atoms. The average molecular weight is 506 g/mol. The highest BCUT2D eigenvalue weighted by molar-refractivity contribution is 8.18. The summed E-state index contributed by atoms with van der Waals surface area (Å²) in [5, 5.41) is 9.52. The van der Waals surface area contributed by atoms with E-state index in [1.807, 2.05) is 29.6 Å². The Bertz CT molecular complexity index is 1090. The quantitative estimate of drug-likeness (QED) is 0.365. The molecule has 2 heterocycles. The molecule has 0 saturated carbocycles. The zero-order valence-corrected chi connectivity index (χ0v) is 23.0. The molecule has 0 amide bonds. The number of rotatable bonds is 10. The normalized spacial score (nSPS) is 20.3. The van der Waals surface area contributed by atoms with Crippen LogP contribution < -0.4 is 10.6 Å². The first-order valence-corrected chi connectivity index (χ1v) is 14.6. The molecular weight excluding hydrogens is 466 g/mol. The molecular formula is C30H39N3S2. The van der Waals surface area contributed by atoms with Gasteiger partial charge in [0.05, 0.1) is 0 Å². The maximum atomic E-state index is 4.30. The van der Waals surface area contributed by atoms with Crippen LogP contribution in [-0.2, 0) is 6.54 Å². The largest absolute Gasteiger partial charge is 0.388 e. The molecule has 1 saturated heterocycles. The lowest BCUT2D eigenvalue weighted by atomic mass is 9.97. The molecule has 0 bridgehead atoms. The summed E-state index contributed by atoms with van der Waals surface area (Å²) < 4.78 is 0.320. The Morgan fingerprint density at radius 3 is 2.80 bits per heavy atom. The predicted octanol–water partition coefficient (Wildman–Crippen LogP) is 6.92. The average Bonchev–Trinajstić information content (AvgIpc) is 3.33. The van der Waals surface area contributed by atoms with Crippen molar-refractivity contribution in [3.63, 3.8) is 0 Å². The summed E-state index contributed by atoms with van der Waals surface area (Å²) in [6.45, 7) is 19.2. The lowest BCUT2D eigenvalue weighted by molar-refractivity contribution is 0.167. The van der Waals surface area contributed by atoms with Crippen LogP contribution in [0.15, 0.2) is 60.7 Å². The summed E-state index contributed by atoms with van der Waals surface area (Å²) in [6.07, 6.45) is 4.51.